The predicted octanol–water partition coefficient (Wildman–Crippen LogP) is 3.74. The molecule has 0 aliphatic rings. The van der Waals surface area contributed by atoms with E-state index >= 15 is 0 Å². The highest BCUT2D eigenvalue weighted by Gasteiger charge is 2.10. The van der Waals surface area contributed by atoms with Crippen molar-refractivity contribution >= 4 is 11.5 Å². The highest BCUT2D eigenvalue weighted by Crippen LogP contribution is 2.25. The molecule has 0 spiro atoms. The van der Waals surface area contributed by atoms with E-state index in [1.165, 1.54) is 12.1 Å². The molecule has 114 valence electrons. The van der Waals surface area contributed by atoms with E-state index in [4.69, 9.17) is 4.42 Å². The van der Waals surface area contributed by atoms with Gasteiger partial charge in [-0.15, -0.1) is 0 Å². The maximum atomic E-state index is 13.1. The van der Waals surface area contributed by atoms with Gasteiger partial charge in [0.1, 0.15) is 17.4 Å². The van der Waals surface area contributed by atoms with E-state index in [1.54, 1.807) is 35.3 Å². The molecular weight excluding hydrogens is 295 g/mol. The number of anilines is 1. The zero-order valence-electron chi connectivity index (χ0n) is 12.1. The van der Waals surface area contributed by atoms with Crippen LogP contribution < -0.4 is 5.32 Å². The second-order valence-electron chi connectivity index (χ2n) is 5.06. The molecule has 0 fully saturated rings. The van der Waals surface area contributed by atoms with Crippen molar-refractivity contribution < 1.29 is 8.81 Å². The number of benzene rings is 1. The Morgan fingerprint density at radius 3 is 2.78 bits per heavy atom. The van der Waals surface area contributed by atoms with Crippen molar-refractivity contribution in [3.63, 3.8) is 0 Å². The van der Waals surface area contributed by atoms with Gasteiger partial charge in [0.25, 0.3) is 0 Å². The van der Waals surface area contributed by atoms with Crippen molar-refractivity contribution in [2.24, 2.45) is 0 Å². The maximum absolute atomic E-state index is 13.1. The van der Waals surface area contributed by atoms with Crippen molar-refractivity contribution in [3.8, 4) is 11.1 Å². The number of halogens is 1. The van der Waals surface area contributed by atoms with E-state index in [0.29, 0.717) is 12.2 Å². The second-order valence-corrected chi connectivity index (χ2v) is 5.06. The summed E-state index contributed by atoms with van der Waals surface area (Å²) in [6.45, 7) is 0.553. The van der Waals surface area contributed by atoms with Gasteiger partial charge in [-0.25, -0.2) is 9.37 Å². The Labute approximate surface area is 131 Å². The third-order valence-corrected chi connectivity index (χ3v) is 3.58. The van der Waals surface area contributed by atoms with Crippen LogP contribution in [0, 0.1) is 5.82 Å². The summed E-state index contributed by atoms with van der Waals surface area (Å²) in [5.74, 6) is 1.37. The molecule has 0 bridgehead atoms. The van der Waals surface area contributed by atoms with E-state index < -0.39 is 0 Å². The number of fused-ring (bicyclic) bond motifs is 1. The molecule has 0 amide bonds. The monoisotopic (exact) mass is 308 g/mol. The third kappa shape index (κ3) is 2.55. The van der Waals surface area contributed by atoms with Gasteiger partial charge in [0.2, 0.25) is 0 Å². The van der Waals surface area contributed by atoms with E-state index in [0.717, 1.165) is 22.7 Å². The van der Waals surface area contributed by atoms with Crippen molar-refractivity contribution in [1.29, 1.82) is 0 Å². The van der Waals surface area contributed by atoms with Crippen molar-refractivity contribution in [3.05, 3.63) is 72.7 Å². The molecule has 23 heavy (non-hydrogen) atoms. The fourth-order valence-corrected chi connectivity index (χ4v) is 2.45. The first-order valence-corrected chi connectivity index (χ1v) is 7.16. The van der Waals surface area contributed by atoms with Crippen molar-refractivity contribution in [2.45, 2.75) is 6.54 Å². The summed E-state index contributed by atoms with van der Waals surface area (Å²) < 4.78 is 20.1. The number of nitrogens with zero attached hydrogens (tertiary/aromatic N) is 3. The molecule has 5 nitrogen and oxygen atoms in total. The predicted molar refractivity (Wildman–Crippen MR) is 84.4 cm³/mol. The van der Waals surface area contributed by atoms with E-state index in [-0.39, 0.29) is 5.82 Å². The van der Waals surface area contributed by atoms with E-state index in [9.17, 15) is 4.39 Å². The number of nitrogens with one attached hydrogen (secondary N) is 1. The molecule has 3 heterocycles. The zero-order chi connectivity index (χ0) is 15.6. The lowest BCUT2D eigenvalue weighted by molar-refractivity contribution is 0.517. The fourth-order valence-electron chi connectivity index (χ4n) is 2.45. The van der Waals surface area contributed by atoms with Crippen LogP contribution in [0.25, 0.3) is 16.8 Å². The summed E-state index contributed by atoms with van der Waals surface area (Å²) in [6.07, 6.45) is 5.09. The molecule has 1 N–H and O–H groups in total. The van der Waals surface area contributed by atoms with Crippen LogP contribution in [0.4, 0.5) is 10.2 Å². The van der Waals surface area contributed by atoms with Crippen LogP contribution >= 0.6 is 0 Å². The van der Waals surface area contributed by atoms with Gasteiger partial charge >= 0.3 is 0 Å². The average Bonchev–Trinajstić information content (AvgIpc) is 3.23. The number of rotatable bonds is 4. The van der Waals surface area contributed by atoms with Crippen LogP contribution in [0.5, 0.6) is 0 Å². The van der Waals surface area contributed by atoms with Crippen LogP contribution in [0.2, 0.25) is 0 Å². The van der Waals surface area contributed by atoms with Crippen molar-refractivity contribution in [1.82, 2.24) is 14.6 Å². The van der Waals surface area contributed by atoms with Gasteiger partial charge in [-0.3, -0.25) is 0 Å². The fraction of sp³-hybridized carbons (Fsp3) is 0.0588. The van der Waals surface area contributed by atoms with Gasteiger partial charge in [0.05, 0.1) is 19.0 Å². The topological polar surface area (TPSA) is 55.4 Å². The van der Waals surface area contributed by atoms with Gasteiger partial charge < -0.3 is 9.73 Å². The van der Waals surface area contributed by atoms with Gasteiger partial charge in [0.15, 0.2) is 5.65 Å². The Kier molecular flexibility index (Phi) is 3.27. The zero-order valence-corrected chi connectivity index (χ0v) is 12.1. The summed E-state index contributed by atoms with van der Waals surface area (Å²) in [6, 6.07) is 11.9. The van der Waals surface area contributed by atoms with Crippen LogP contribution in [-0.2, 0) is 6.54 Å². The average molecular weight is 308 g/mol. The first-order chi connectivity index (χ1) is 11.3. The molecule has 6 heteroatoms. The van der Waals surface area contributed by atoms with E-state index in [2.05, 4.69) is 15.4 Å². The number of hydrogen-bond donors (Lipinski definition) is 1. The van der Waals surface area contributed by atoms with E-state index in [1.807, 2.05) is 18.2 Å². The molecule has 1 aromatic carbocycles. The molecule has 0 saturated carbocycles. The summed E-state index contributed by atoms with van der Waals surface area (Å²) in [5, 5.41) is 7.66. The second kappa shape index (κ2) is 5.57. The number of furan rings is 1. The largest absolute Gasteiger partial charge is 0.467 e. The highest BCUT2D eigenvalue weighted by molar-refractivity contribution is 5.77. The van der Waals surface area contributed by atoms with Crippen LogP contribution in [0.1, 0.15) is 5.76 Å². The minimum Gasteiger partial charge on any atom is -0.467 e. The van der Waals surface area contributed by atoms with Gasteiger partial charge in [-0.05, 0) is 35.9 Å². The minimum absolute atomic E-state index is 0.265. The molecule has 0 aliphatic carbocycles. The van der Waals surface area contributed by atoms with Gasteiger partial charge in [-0.1, -0.05) is 12.1 Å². The molecule has 4 aromatic rings. The molecular formula is C17H13FN4O. The summed E-state index contributed by atoms with van der Waals surface area (Å²) in [5.41, 5.74) is 2.43. The first kappa shape index (κ1) is 13.5. The standard InChI is InChI=1S/C17H13FN4O/c18-13-5-3-12(4-6-13)15-11-21-22-16(7-8-19-17(15)22)20-10-14-2-1-9-23-14/h1-9,11,20H,10H2. The molecule has 0 saturated heterocycles. The first-order valence-electron chi connectivity index (χ1n) is 7.16. The summed E-state index contributed by atoms with van der Waals surface area (Å²) in [7, 11) is 0. The molecule has 0 unspecified atom stereocenters. The smallest absolute Gasteiger partial charge is 0.165 e. The molecule has 4 rings (SSSR count). The van der Waals surface area contributed by atoms with Crippen LogP contribution in [0.15, 0.2) is 65.5 Å². The molecule has 0 atom stereocenters. The lowest BCUT2D eigenvalue weighted by Crippen LogP contribution is -2.05. The Bertz CT molecular complexity index is 929. The van der Waals surface area contributed by atoms with Crippen LogP contribution in [-0.4, -0.2) is 14.6 Å². The highest BCUT2D eigenvalue weighted by atomic mass is 19.1. The molecule has 0 aliphatic heterocycles. The third-order valence-electron chi connectivity index (χ3n) is 3.58. The summed E-state index contributed by atoms with van der Waals surface area (Å²) in [4.78, 5) is 4.39. The molecule has 0 radical (unpaired) electrons. The van der Waals surface area contributed by atoms with Crippen LogP contribution in [0.3, 0.4) is 0 Å². The lowest BCUT2D eigenvalue weighted by atomic mass is 10.1. The van der Waals surface area contributed by atoms with Gasteiger partial charge in [0, 0.05) is 11.8 Å². The Morgan fingerprint density at radius 2 is 2.00 bits per heavy atom. The molecule has 3 aromatic heterocycles. The minimum atomic E-state index is -0.265. The number of hydrogen-bond acceptors (Lipinski definition) is 4. The number of aromatic nitrogens is 3. The SMILES string of the molecule is Fc1ccc(-c2cnn3c(NCc4ccco4)ccnc23)cc1. The van der Waals surface area contributed by atoms with Crippen molar-refractivity contribution in [2.75, 3.05) is 5.32 Å². The maximum Gasteiger partial charge on any atom is 0.165 e. The lowest BCUT2D eigenvalue weighted by Gasteiger charge is -2.06. The summed E-state index contributed by atoms with van der Waals surface area (Å²) >= 11 is 0. The quantitative estimate of drug-likeness (QED) is 0.624. The Hall–Kier alpha value is -3.15. The Balaban J connectivity index is 1.70. The normalized spacial score (nSPS) is 11.0. The Morgan fingerprint density at radius 1 is 1.13 bits per heavy atom. The van der Waals surface area contributed by atoms with Gasteiger partial charge in [-0.2, -0.15) is 9.61 Å².